The van der Waals surface area contributed by atoms with Crippen molar-refractivity contribution in [3.05, 3.63) is 0 Å². The lowest BCUT2D eigenvalue weighted by atomic mass is 9.96. The molecule has 1 atom stereocenters. The molecule has 0 aliphatic heterocycles. The van der Waals surface area contributed by atoms with E-state index in [2.05, 4.69) is 39.5 Å². The predicted octanol–water partition coefficient (Wildman–Crippen LogP) is 5.21. The zero-order valence-corrected chi connectivity index (χ0v) is 13.6. The summed E-state index contributed by atoms with van der Waals surface area (Å²) in [5.74, 6) is 1.77. The molecular weight excluding hydrogens is 206 g/mol. The van der Waals surface area contributed by atoms with E-state index in [1.54, 1.807) is 0 Å². The molecule has 0 aliphatic rings. The van der Waals surface area contributed by atoms with Crippen molar-refractivity contribution in [2.75, 3.05) is 19.6 Å². The Morgan fingerprint density at radius 1 is 0.824 bits per heavy atom. The van der Waals surface area contributed by atoms with Crippen LogP contribution in [0.5, 0.6) is 0 Å². The van der Waals surface area contributed by atoms with E-state index in [-0.39, 0.29) is 0 Å². The highest BCUT2D eigenvalue weighted by molar-refractivity contribution is 4.60. The van der Waals surface area contributed by atoms with Gasteiger partial charge >= 0.3 is 0 Å². The summed E-state index contributed by atoms with van der Waals surface area (Å²) in [4.78, 5) is 2.58. The Bertz CT molecular complexity index is 131. The maximum Gasteiger partial charge on any atom is -0.00163 e. The van der Waals surface area contributed by atoms with Crippen LogP contribution >= 0.6 is 0 Å². The second kappa shape index (κ2) is 14.0. The van der Waals surface area contributed by atoms with Gasteiger partial charge in [-0.15, -0.1) is 0 Å². The van der Waals surface area contributed by atoms with Crippen LogP contribution in [0.1, 0.15) is 74.1 Å². The molecule has 0 aromatic rings. The Morgan fingerprint density at radius 3 is 1.82 bits per heavy atom. The SMILES string of the molecule is CC.CCCN(CC)CCC(C)CCC(C)C. The van der Waals surface area contributed by atoms with Crippen LogP contribution < -0.4 is 0 Å². The average molecular weight is 243 g/mol. The fraction of sp³-hybridized carbons (Fsp3) is 1.00. The van der Waals surface area contributed by atoms with Crippen LogP contribution in [0.25, 0.3) is 0 Å². The summed E-state index contributed by atoms with van der Waals surface area (Å²) in [6.45, 7) is 19.4. The quantitative estimate of drug-likeness (QED) is 0.537. The largest absolute Gasteiger partial charge is 0.304 e. The summed E-state index contributed by atoms with van der Waals surface area (Å²) >= 11 is 0. The molecule has 0 aromatic carbocycles. The first-order valence-corrected chi connectivity index (χ1v) is 7.82. The van der Waals surface area contributed by atoms with E-state index in [1.807, 2.05) is 13.8 Å². The third kappa shape index (κ3) is 13.9. The van der Waals surface area contributed by atoms with E-state index in [4.69, 9.17) is 0 Å². The highest BCUT2D eigenvalue weighted by atomic mass is 15.1. The number of hydrogen-bond acceptors (Lipinski definition) is 1. The first-order valence-electron chi connectivity index (χ1n) is 7.82. The summed E-state index contributed by atoms with van der Waals surface area (Å²) < 4.78 is 0. The standard InChI is InChI=1S/C14H31N.C2H6/c1-6-11-15(7-2)12-10-14(5)9-8-13(3)4;1-2/h13-14H,6-12H2,1-5H3;1-2H3. The number of hydrogen-bond donors (Lipinski definition) is 0. The second-order valence-corrected chi connectivity index (χ2v) is 5.30. The minimum atomic E-state index is 0.866. The highest BCUT2D eigenvalue weighted by Crippen LogP contribution is 2.15. The Kier molecular flexibility index (Phi) is 15.9. The summed E-state index contributed by atoms with van der Waals surface area (Å²) in [6.07, 6.45) is 5.46. The average Bonchev–Trinajstić information content (AvgIpc) is 2.34. The van der Waals surface area contributed by atoms with E-state index >= 15 is 0 Å². The maximum absolute atomic E-state index is 2.58. The van der Waals surface area contributed by atoms with Gasteiger partial charge in [0.25, 0.3) is 0 Å². The normalized spacial score (nSPS) is 12.5. The molecule has 0 radical (unpaired) electrons. The molecule has 106 valence electrons. The molecule has 0 aromatic heterocycles. The Labute approximate surface area is 111 Å². The molecule has 0 heterocycles. The van der Waals surface area contributed by atoms with E-state index in [0.717, 1.165) is 11.8 Å². The van der Waals surface area contributed by atoms with Crippen molar-refractivity contribution in [2.24, 2.45) is 11.8 Å². The van der Waals surface area contributed by atoms with E-state index in [1.165, 1.54) is 45.3 Å². The van der Waals surface area contributed by atoms with Gasteiger partial charge in [0, 0.05) is 0 Å². The zero-order valence-electron chi connectivity index (χ0n) is 13.6. The number of nitrogens with zero attached hydrogens (tertiary/aromatic N) is 1. The first-order chi connectivity index (χ1) is 8.10. The van der Waals surface area contributed by atoms with E-state index in [0.29, 0.717) is 0 Å². The molecule has 0 saturated heterocycles. The van der Waals surface area contributed by atoms with Crippen LogP contribution in [-0.4, -0.2) is 24.5 Å². The molecular formula is C16H37N. The van der Waals surface area contributed by atoms with Crippen molar-refractivity contribution in [2.45, 2.75) is 74.1 Å². The summed E-state index contributed by atoms with van der Waals surface area (Å²) in [7, 11) is 0. The van der Waals surface area contributed by atoms with E-state index < -0.39 is 0 Å². The lowest BCUT2D eigenvalue weighted by molar-refractivity contribution is 0.260. The van der Waals surface area contributed by atoms with Crippen molar-refractivity contribution < 1.29 is 0 Å². The van der Waals surface area contributed by atoms with Crippen LogP contribution in [0.3, 0.4) is 0 Å². The minimum absolute atomic E-state index is 0.866. The summed E-state index contributed by atoms with van der Waals surface area (Å²) in [5, 5.41) is 0. The van der Waals surface area contributed by atoms with Gasteiger partial charge in [0.1, 0.15) is 0 Å². The monoisotopic (exact) mass is 243 g/mol. The molecule has 1 heteroatoms. The van der Waals surface area contributed by atoms with Gasteiger partial charge < -0.3 is 4.90 Å². The lowest BCUT2D eigenvalue weighted by Crippen LogP contribution is -2.26. The van der Waals surface area contributed by atoms with Crippen molar-refractivity contribution in [1.82, 2.24) is 4.90 Å². The van der Waals surface area contributed by atoms with Crippen molar-refractivity contribution in [1.29, 1.82) is 0 Å². The molecule has 1 nitrogen and oxygen atoms in total. The molecule has 0 saturated carbocycles. The van der Waals surface area contributed by atoms with Crippen molar-refractivity contribution in [3.8, 4) is 0 Å². The van der Waals surface area contributed by atoms with Crippen molar-refractivity contribution in [3.63, 3.8) is 0 Å². The van der Waals surface area contributed by atoms with Gasteiger partial charge in [0.15, 0.2) is 0 Å². The van der Waals surface area contributed by atoms with Gasteiger partial charge in [0.05, 0.1) is 0 Å². The second-order valence-electron chi connectivity index (χ2n) is 5.30. The van der Waals surface area contributed by atoms with Crippen LogP contribution in [0.15, 0.2) is 0 Å². The van der Waals surface area contributed by atoms with Gasteiger partial charge in [-0.05, 0) is 44.3 Å². The fourth-order valence-corrected chi connectivity index (χ4v) is 1.91. The summed E-state index contributed by atoms with van der Waals surface area (Å²) in [6, 6.07) is 0. The highest BCUT2D eigenvalue weighted by Gasteiger charge is 2.06. The minimum Gasteiger partial charge on any atom is -0.304 e. The van der Waals surface area contributed by atoms with Crippen LogP contribution in [-0.2, 0) is 0 Å². The van der Waals surface area contributed by atoms with Crippen LogP contribution in [0, 0.1) is 11.8 Å². The van der Waals surface area contributed by atoms with Crippen molar-refractivity contribution >= 4 is 0 Å². The topological polar surface area (TPSA) is 3.24 Å². The molecule has 0 bridgehead atoms. The third-order valence-electron chi connectivity index (χ3n) is 3.16. The smallest absolute Gasteiger partial charge is 0.00163 e. The lowest BCUT2D eigenvalue weighted by Gasteiger charge is -2.22. The van der Waals surface area contributed by atoms with Gasteiger partial charge in [-0.2, -0.15) is 0 Å². The predicted molar refractivity (Wildman–Crippen MR) is 81.6 cm³/mol. The van der Waals surface area contributed by atoms with E-state index in [9.17, 15) is 0 Å². The third-order valence-corrected chi connectivity index (χ3v) is 3.16. The molecule has 0 spiro atoms. The Morgan fingerprint density at radius 2 is 1.41 bits per heavy atom. The zero-order chi connectivity index (χ0) is 13.7. The fourth-order valence-electron chi connectivity index (χ4n) is 1.91. The molecule has 17 heavy (non-hydrogen) atoms. The van der Waals surface area contributed by atoms with Gasteiger partial charge in [-0.1, -0.05) is 61.3 Å². The molecule has 1 unspecified atom stereocenters. The molecule has 0 amide bonds. The molecule has 0 aliphatic carbocycles. The first kappa shape index (κ1) is 19.3. The Hall–Kier alpha value is -0.0400. The maximum atomic E-state index is 2.58. The van der Waals surface area contributed by atoms with Crippen LogP contribution in [0.2, 0.25) is 0 Å². The Balaban J connectivity index is 0. The molecule has 0 rings (SSSR count). The van der Waals surface area contributed by atoms with Crippen LogP contribution in [0.4, 0.5) is 0 Å². The van der Waals surface area contributed by atoms with Gasteiger partial charge in [0.2, 0.25) is 0 Å². The van der Waals surface area contributed by atoms with Gasteiger partial charge in [-0.25, -0.2) is 0 Å². The number of rotatable bonds is 9. The molecule has 0 fully saturated rings. The summed E-state index contributed by atoms with van der Waals surface area (Å²) in [5.41, 5.74) is 0. The van der Waals surface area contributed by atoms with Gasteiger partial charge in [-0.3, -0.25) is 0 Å². The molecule has 0 N–H and O–H groups in total.